The van der Waals surface area contributed by atoms with Gasteiger partial charge >= 0.3 is 0 Å². The third-order valence-corrected chi connectivity index (χ3v) is 4.09. The van der Waals surface area contributed by atoms with Gasteiger partial charge in [-0.1, -0.05) is 38.3 Å². The molecule has 1 aromatic rings. The first-order valence-corrected chi connectivity index (χ1v) is 7.58. The van der Waals surface area contributed by atoms with Crippen molar-refractivity contribution < 1.29 is 0 Å². The molecule has 1 atom stereocenters. The molecule has 0 aliphatic heterocycles. The SMILES string of the molecule is CC(C)CCCC(N)CSc1ccc(Cl)cc1. The minimum absolute atomic E-state index is 0.300. The van der Waals surface area contributed by atoms with Crippen molar-refractivity contribution in [1.82, 2.24) is 0 Å². The van der Waals surface area contributed by atoms with Crippen LogP contribution in [0.25, 0.3) is 0 Å². The Kier molecular flexibility index (Phi) is 7.02. The van der Waals surface area contributed by atoms with E-state index in [-0.39, 0.29) is 0 Å². The molecule has 0 saturated heterocycles. The maximum atomic E-state index is 6.09. The van der Waals surface area contributed by atoms with Gasteiger partial charge in [0, 0.05) is 21.7 Å². The minimum Gasteiger partial charge on any atom is -0.327 e. The zero-order valence-electron chi connectivity index (χ0n) is 10.7. The number of rotatable bonds is 7. The smallest absolute Gasteiger partial charge is 0.0406 e. The molecule has 0 aliphatic rings. The molecule has 0 fully saturated rings. The number of halogens is 1. The number of benzene rings is 1. The van der Waals surface area contributed by atoms with Crippen LogP contribution >= 0.6 is 23.4 Å². The van der Waals surface area contributed by atoms with Crippen LogP contribution in [-0.2, 0) is 0 Å². The van der Waals surface area contributed by atoms with E-state index in [2.05, 4.69) is 13.8 Å². The van der Waals surface area contributed by atoms with Crippen LogP contribution in [-0.4, -0.2) is 11.8 Å². The van der Waals surface area contributed by atoms with Crippen LogP contribution in [0.4, 0.5) is 0 Å². The Balaban J connectivity index is 2.19. The van der Waals surface area contributed by atoms with Crippen LogP contribution in [0.3, 0.4) is 0 Å². The molecule has 0 saturated carbocycles. The summed E-state index contributed by atoms with van der Waals surface area (Å²) in [6, 6.07) is 8.25. The van der Waals surface area contributed by atoms with Crippen molar-refractivity contribution in [2.24, 2.45) is 11.7 Å². The molecule has 1 nitrogen and oxygen atoms in total. The highest BCUT2D eigenvalue weighted by Crippen LogP contribution is 2.21. The van der Waals surface area contributed by atoms with Crippen molar-refractivity contribution in [3.63, 3.8) is 0 Å². The largest absolute Gasteiger partial charge is 0.327 e. The summed E-state index contributed by atoms with van der Waals surface area (Å²) < 4.78 is 0. The summed E-state index contributed by atoms with van der Waals surface area (Å²) in [5.74, 6) is 1.77. The van der Waals surface area contributed by atoms with Crippen molar-refractivity contribution in [3.05, 3.63) is 29.3 Å². The second-order valence-electron chi connectivity index (χ2n) is 4.85. The summed E-state index contributed by atoms with van der Waals surface area (Å²) in [5, 5.41) is 0.788. The van der Waals surface area contributed by atoms with Crippen LogP contribution in [0.2, 0.25) is 5.02 Å². The van der Waals surface area contributed by atoms with Crippen molar-refractivity contribution in [2.75, 3.05) is 5.75 Å². The first kappa shape index (κ1) is 14.9. The molecule has 0 aromatic heterocycles. The van der Waals surface area contributed by atoms with Crippen LogP contribution in [0, 0.1) is 5.92 Å². The van der Waals surface area contributed by atoms with Gasteiger partial charge in [-0.05, 0) is 36.6 Å². The predicted molar refractivity (Wildman–Crippen MR) is 78.8 cm³/mol. The highest BCUT2D eigenvalue weighted by atomic mass is 35.5. The van der Waals surface area contributed by atoms with Gasteiger partial charge < -0.3 is 5.73 Å². The maximum Gasteiger partial charge on any atom is 0.0406 e. The Hall–Kier alpha value is -0.180. The summed E-state index contributed by atoms with van der Waals surface area (Å²) in [5.41, 5.74) is 6.09. The molecule has 0 heterocycles. The average Bonchev–Trinajstić information content (AvgIpc) is 2.28. The van der Waals surface area contributed by atoms with E-state index >= 15 is 0 Å². The van der Waals surface area contributed by atoms with Gasteiger partial charge in [-0.3, -0.25) is 0 Å². The molecular formula is C14H22ClNS. The standard InChI is InChI=1S/C14H22ClNS/c1-11(2)4-3-5-13(16)10-17-14-8-6-12(15)7-9-14/h6-9,11,13H,3-5,10,16H2,1-2H3. The Labute approximate surface area is 114 Å². The van der Waals surface area contributed by atoms with Gasteiger partial charge in [0.25, 0.3) is 0 Å². The fourth-order valence-corrected chi connectivity index (χ4v) is 2.63. The lowest BCUT2D eigenvalue weighted by Gasteiger charge is -2.12. The van der Waals surface area contributed by atoms with Gasteiger partial charge in [0.1, 0.15) is 0 Å². The molecule has 0 bridgehead atoms. The maximum absolute atomic E-state index is 6.09. The van der Waals surface area contributed by atoms with Gasteiger partial charge in [-0.25, -0.2) is 0 Å². The van der Waals surface area contributed by atoms with E-state index in [9.17, 15) is 0 Å². The van der Waals surface area contributed by atoms with Crippen molar-refractivity contribution >= 4 is 23.4 Å². The van der Waals surface area contributed by atoms with E-state index in [1.807, 2.05) is 36.0 Å². The third kappa shape index (κ3) is 6.97. The van der Waals surface area contributed by atoms with E-state index in [0.29, 0.717) is 6.04 Å². The molecule has 96 valence electrons. The molecule has 3 heteroatoms. The molecule has 0 spiro atoms. The van der Waals surface area contributed by atoms with E-state index in [0.717, 1.165) is 23.1 Å². The van der Waals surface area contributed by atoms with E-state index in [1.54, 1.807) is 0 Å². The van der Waals surface area contributed by atoms with Gasteiger partial charge in [0.2, 0.25) is 0 Å². The average molecular weight is 272 g/mol. The van der Waals surface area contributed by atoms with Crippen LogP contribution in [0.1, 0.15) is 33.1 Å². The number of hydrogen-bond acceptors (Lipinski definition) is 2. The summed E-state index contributed by atoms with van der Waals surface area (Å²) in [7, 11) is 0. The lowest BCUT2D eigenvalue weighted by molar-refractivity contribution is 0.513. The Morgan fingerprint density at radius 2 is 1.82 bits per heavy atom. The van der Waals surface area contributed by atoms with Gasteiger partial charge in [-0.2, -0.15) is 0 Å². The molecule has 2 N–H and O–H groups in total. The molecule has 1 unspecified atom stereocenters. The highest BCUT2D eigenvalue weighted by Gasteiger charge is 2.04. The zero-order chi connectivity index (χ0) is 12.7. The van der Waals surface area contributed by atoms with Crippen LogP contribution in [0.5, 0.6) is 0 Å². The predicted octanol–water partition coefficient (Wildman–Crippen LogP) is 4.59. The summed E-state index contributed by atoms with van der Waals surface area (Å²) >= 11 is 7.65. The Morgan fingerprint density at radius 1 is 1.18 bits per heavy atom. The molecule has 17 heavy (non-hydrogen) atoms. The quantitative estimate of drug-likeness (QED) is 0.735. The topological polar surface area (TPSA) is 26.0 Å². The number of hydrogen-bond donors (Lipinski definition) is 1. The molecule has 1 rings (SSSR count). The number of thioether (sulfide) groups is 1. The number of nitrogens with two attached hydrogens (primary N) is 1. The molecule has 0 radical (unpaired) electrons. The normalized spacial score (nSPS) is 13.0. The van der Waals surface area contributed by atoms with Crippen LogP contribution < -0.4 is 5.73 Å². The third-order valence-electron chi connectivity index (χ3n) is 2.63. The summed E-state index contributed by atoms with van der Waals surface area (Å²) in [6.45, 7) is 4.52. The van der Waals surface area contributed by atoms with E-state index in [4.69, 9.17) is 17.3 Å². The van der Waals surface area contributed by atoms with Crippen molar-refractivity contribution in [1.29, 1.82) is 0 Å². The van der Waals surface area contributed by atoms with Gasteiger partial charge in [-0.15, -0.1) is 11.8 Å². The molecular weight excluding hydrogens is 250 g/mol. The summed E-state index contributed by atoms with van der Waals surface area (Å²) in [4.78, 5) is 1.24. The zero-order valence-corrected chi connectivity index (χ0v) is 12.2. The second kappa shape index (κ2) is 8.02. The highest BCUT2D eigenvalue weighted by molar-refractivity contribution is 7.99. The Morgan fingerprint density at radius 3 is 2.41 bits per heavy atom. The fraction of sp³-hybridized carbons (Fsp3) is 0.571. The lowest BCUT2D eigenvalue weighted by atomic mass is 10.0. The monoisotopic (exact) mass is 271 g/mol. The van der Waals surface area contributed by atoms with Crippen LogP contribution in [0.15, 0.2) is 29.2 Å². The van der Waals surface area contributed by atoms with Gasteiger partial charge in [0.15, 0.2) is 0 Å². The second-order valence-corrected chi connectivity index (χ2v) is 6.38. The van der Waals surface area contributed by atoms with Gasteiger partial charge in [0.05, 0.1) is 0 Å². The van der Waals surface area contributed by atoms with E-state index < -0.39 is 0 Å². The molecule has 1 aromatic carbocycles. The Bertz CT molecular complexity index is 311. The van der Waals surface area contributed by atoms with E-state index in [1.165, 1.54) is 17.7 Å². The van der Waals surface area contributed by atoms with Crippen molar-refractivity contribution in [2.45, 2.75) is 44.0 Å². The fourth-order valence-electron chi connectivity index (χ4n) is 1.61. The molecule has 0 aliphatic carbocycles. The minimum atomic E-state index is 0.300. The first-order valence-electron chi connectivity index (χ1n) is 6.22. The first-order chi connectivity index (χ1) is 8.08. The van der Waals surface area contributed by atoms with Crippen molar-refractivity contribution in [3.8, 4) is 0 Å². The summed E-state index contributed by atoms with van der Waals surface area (Å²) in [6.07, 6.45) is 3.64. The molecule has 0 amide bonds. The lowest BCUT2D eigenvalue weighted by Crippen LogP contribution is -2.22.